The predicted molar refractivity (Wildman–Crippen MR) is 83.3 cm³/mol. The summed E-state index contributed by atoms with van der Waals surface area (Å²) in [5.41, 5.74) is 1.25. The molecule has 0 spiro atoms. The minimum atomic E-state index is -0.203. The lowest BCUT2D eigenvalue weighted by atomic mass is 9.85. The van der Waals surface area contributed by atoms with Gasteiger partial charge in [0.15, 0.2) is 0 Å². The third-order valence-electron chi connectivity index (χ3n) is 3.22. The molecule has 0 aliphatic heterocycles. The molecule has 1 aromatic carbocycles. The maximum absolute atomic E-state index is 12.0. The van der Waals surface area contributed by atoms with Crippen LogP contribution in [0, 0.1) is 16.7 Å². The highest BCUT2D eigenvalue weighted by Crippen LogP contribution is 2.21. The molecule has 1 atom stereocenters. The van der Waals surface area contributed by atoms with Crippen molar-refractivity contribution in [3.8, 4) is 6.07 Å². The van der Waals surface area contributed by atoms with Crippen molar-refractivity contribution in [2.45, 2.75) is 33.2 Å². The molecule has 0 fully saturated rings. The highest BCUT2D eigenvalue weighted by atomic mass is 16.3. The number of carbonyl (C=O) groups is 1. The molecule has 1 amide bonds. The van der Waals surface area contributed by atoms with Gasteiger partial charge in [0.25, 0.3) is 0 Å². The molecule has 0 aliphatic carbocycles. The largest absolute Gasteiger partial charge is 0.396 e. The average molecular weight is 286 g/mol. The van der Waals surface area contributed by atoms with Gasteiger partial charge in [-0.25, -0.2) is 0 Å². The summed E-state index contributed by atoms with van der Waals surface area (Å²) in [6, 6.07) is 9.02. The summed E-state index contributed by atoms with van der Waals surface area (Å²) in [5.74, 6) is -0.203. The summed E-state index contributed by atoms with van der Waals surface area (Å²) >= 11 is 0. The molecule has 1 rings (SSSR count). The minimum absolute atomic E-state index is 0.0378. The fourth-order valence-corrected chi connectivity index (χ4v) is 1.95. The molecule has 0 saturated heterocycles. The number of aliphatic hydroxyl groups is 1. The zero-order chi connectivity index (χ0) is 15.9. The van der Waals surface area contributed by atoms with Crippen LogP contribution >= 0.6 is 0 Å². The van der Waals surface area contributed by atoms with Crippen molar-refractivity contribution in [2.24, 2.45) is 5.41 Å². The molecule has 0 radical (unpaired) electrons. The number of rotatable bonds is 5. The Balaban J connectivity index is 2.71. The minimum Gasteiger partial charge on any atom is -0.396 e. The molecular formula is C17H22N2O2. The van der Waals surface area contributed by atoms with Gasteiger partial charge in [-0.1, -0.05) is 32.9 Å². The number of aliphatic hydroxyl groups excluding tert-OH is 1. The number of nitriles is 1. The van der Waals surface area contributed by atoms with E-state index in [-0.39, 0.29) is 24.0 Å². The number of nitrogens with zero attached hydrogens (tertiary/aromatic N) is 1. The molecule has 21 heavy (non-hydrogen) atoms. The normalized spacial score (nSPS) is 12.9. The van der Waals surface area contributed by atoms with Gasteiger partial charge >= 0.3 is 0 Å². The Hall–Kier alpha value is -2.12. The van der Waals surface area contributed by atoms with E-state index < -0.39 is 0 Å². The molecule has 1 aromatic rings. The molecule has 1 unspecified atom stereocenters. The summed E-state index contributed by atoms with van der Waals surface area (Å²) < 4.78 is 0. The third kappa shape index (κ3) is 5.80. The van der Waals surface area contributed by atoms with Crippen molar-refractivity contribution < 1.29 is 9.90 Å². The molecule has 0 aliphatic rings. The van der Waals surface area contributed by atoms with Crippen LogP contribution in [0.25, 0.3) is 6.08 Å². The first-order valence-electron chi connectivity index (χ1n) is 6.96. The van der Waals surface area contributed by atoms with Crippen LogP contribution in [0.15, 0.2) is 30.3 Å². The number of benzene rings is 1. The van der Waals surface area contributed by atoms with E-state index in [1.165, 1.54) is 6.08 Å². The topological polar surface area (TPSA) is 73.1 Å². The lowest BCUT2D eigenvalue weighted by Gasteiger charge is -2.30. The van der Waals surface area contributed by atoms with Gasteiger partial charge in [0, 0.05) is 18.7 Å². The molecule has 0 bridgehead atoms. The van der Waals surface area contributed by atoms with Crippen molar-refractivity contribution in [3.05, 3.63) is 41.5 Å². The zero-order valence-electron chi connectivity index (χ0n) is 12.8. The van der Waals surface area contributed by atoms with Crippen molar-refractivity contribution in [3.63, 3.8) is 0 Å². The first-order chi connectivity index (χ1) is 9.86. The molecule has 2 N–H and O–H groups in total. The fraction of sp³-hybridized carbons (Fsp3) is 0.412. The molecular weight excluding hydrogens is 264 g/mol. The highest BCUT2D eigenvalue weighted by molar-refractivity contribution is 5.92. The van der Waals surface area contributed by atoms with Crippen LogP contribution in [-0.2, 0) is 4.79 Å². The van der Waals surface area contributed by atoms with Gasteiger partial charge in [0.05, 0.1) is 11.6 Å². The van der Waals surface area contributed by atoms with Gasteiger partial charge in [-0.3, -0.25) is 4.79 Å². The Morgan fingerprint density at radius 1 is 1.48 bits per heavy atom. The van der Waals surface area contributed by atoms with Crippen LogP contribution in [0.3, 0.4) is 0 Å². The van der Waals surface area contributed by atoms with Crippen LogP contribution in [0.4, 0.5) is 0 Å². The van der Waals surface area contributed by atoms with Crippen molar-refractivity contribution in [2.75, 3.05) is 6.61 Å². The summed E-state index contributed by atoms with van der Waals surface area (Å²) in [7, 11) is 0. The van der Waals surface area contributed by atoms with E-state index in [0.29, 0.717) is 12.0 Å². The maximum Gasteiger partial charge on any atom is 0.244 e. The van der Waals surface area contributed by atoms with Gasteiger partial charge in [-0.15, -0.1) is 0 Å². The molecule has 112 valence electrons. The van der Waals surface area contributed by atoms with E-state index in [1.54, 1.807) is 24.3 Å². The lowest BCUT2D eigenvalue weighted by Crippen LogP contribution is -2.43. The number of amides is 1. The zero-order valence-corrected chi connectivity index (χ0v) is 12.8. The van der Waals surface area contributed by atoms with Gasteiger partial charge in [-0.05, 0) is 35.6 Å². The smallest absolute Gasteiger partial charge is 0.244 e. The Labute approximate surface area is 126 Å². The number of hydrogen-bond donors (Lipinski definition) is 2. The lowest BCUT2D eigenvalue weighted by molar-refractivity contribution is -0.118. The molecule has 0 aromatic heterocycles. The van der Waals surface area contributed by atoms with E-state index >= 15 is 0 Å². The second-order valence-electron chi connectivity index (χ2n) is 6.01. The average Bonchev–Trinajstić information content (AvgIpc) is 2.44. The standard InChI is InChI=1S/C17H22N2O2/c1-17(2,3)15(9-10-20)19-16(21)8-7-13-5-4-6-14(11-13)12-18/h4-8,11,15,20H,9-10H2,1-3H3,(H,19,21)/b8-7+. The van der Waals surface area contributed by atoms with E-state index in [1.807, 2.05) is 26.8 Å². The van der Waals surface area contributed by atoms with Gasteiger partial charge < -0.3 is 10.4 Å². The van der Waals surface area contributed by atoms with Gasteiger partial charge in [0.2, 0.25) is 5.91 Å². The van der Waals surface area contributed by atoms with Gasteiger partial charge in [-0.2, -0.15) is 5.26 Å². The Kier molecular flexibility index (Phi) is 6.13. The first-order valence-corrected chi connectivity index (χ1v) is 6.96. The summed E-state index contributed by atoms with van der Waals surface area (Å²) in [6.45, 7) is 6.10. The monoisotopic (exact) mass is 286 g/mol. The van der Waals surface area contributed by atoms with E-state index in [0.717, 1.165) is 5.56 Å². The van der Waals surface area contributed by atoms with Crippen LogP contribution in [0.5, 0.6) is 0 Å². The summed E-state index contributed by atoms with van der Waals surface area (Å²) in [6.07, 6.45) is 3.65. The van der Waals surface area contributed by atoms with Crippen LogP contribution in [-0.4, -0.2) is 23.7 Å². The Morgan fingerprint density at radius 3 is 2.76 bits per heavy atom. The van der Waals surface area contributed by atoms with Crippen molar-refractivity contribution >= 4 is 12.0 Å². The quantitative estimate of drug-likeness (QED) is 0.817. The molecule has 0 heterocycles. The predicted octanol–water partition coefficient (Wildman–Crippen LogP) is 2.48. The Bertz CT molecular complexity index is 551. The van der Waals surface area contributed by atoms with E-state index in [2.05, 4.69) is 11.4 Å². The van der Waals surface area contributed by atoms with Crippen LogP contribution in [0.1, 0.15) is 38.3 Å². The number of nitrogens with one attached hydrogen (secondary N) is 1. The SMILES string of the molecule is CC(C)(C)C(CCO)NC(=O)/C=C/c1cccc(C#N)c1. The van der Waals surface area contributed by atoms with E-state index in [4.69, 9.17) is 10.4 Å². The van der Waals surface area contributed by atoms with Crippen molar-refractivity contribution in [1.29, 1.82) is 5.26 Å². The van der Waals surface area contributed by atoms with E-state index in [9.17, 15) is 4.79 Å². The third-order valence-corrected chi connectivity index (χ3v) is 3.22. The maximum atomic E-state index is 12.0. The van der Waals surface area contributed by atoms with Crippen molar-refractivity contribution in [1.82, 2.24) is 5.32 Å². The Morgan fingerprint density at radius 2 is 2.19 bits per heavy atom. The molecule has 0 saturated carbocycles. The van der Waals surface area contributed by atoms with Gasteiger partial charge in [0.1, 0.15) is 0 Å². The summed E-state index contributed by atoms with van der Waals surface area (Å²) in [5, 5.41) is 20.8. The second kappa shape index (κ2) is 7.61. The summed E-state index contributed by atoms with van der Waals surface area (Å²) in [4.78, 5) is 12.0. The molecule has 4 heteroatoms. The molecule has 4 nitrogen and oxygen atoms in total. The number of carbonyl (C=O) groups excluding carboxylic acids is 1. The number of hydrogen-bond acceptors (Lipinski definition) is 3. The first kappa shape index (κ1) is 16.9. The van der Waals surface area contributed by atoms with Crippen LogP contribution < -0.4 is 5.32 Å². The highest BCUT2D eigenvalue weighted by Gasteiger charge is 2.24. The van der Waals surface area contributed by atoms with Crippen LogP contribution in [0.2, 0.25) is 0 Å². The second-order valence-corrected chi connectivity index (χ2v) is 6.01. The fourth-order valence-electron chi connectivity index (χ4n) is 1.95.